The van der Waals surface area contributed by atoms with Crippen LogP contribution >= 0.6 is 23.2 Å². The van der Waals surface area contributed by atoms with Gasteiger partial charge in [-0.25, -0.2) is 4.79 Å². The molecule has 0 aliphatic heterocycles. The summed E-state index contributed by atoms with van der Waals surface area (Å²) in [4.78, 5) is 23.1. The lowest BCUT2D eigenvalue weighted by Crippen LogP contribution is -2.13. The minimum absolute atomic E-state index is 0.00694. The second kappa shape index (κ2) is 6.61. The number of aromatic carboxylic acids is 1. The Balaban J connectivity index is 2.13. The van der Waals surface area contributed by atoms with Crippen LogP contribution in [0.3, 0.4) is 0 Å². The Morgan fingerprint density at radius 3 is 2.43 bits per heavy atom. The molecule has 6 heteroatoms. The van der Waals surface area contributed by atoms with E-state index in [2.05, 4.69) is 0 Å². The number of carbonyl (C=O) groups is 2. The highest BCUT2D eigenvalue weighted by molar-refractivity contribution is 6.36. The number of carbonyl (C=O) groups excluding carboxylic acids is 1. The average Bonchev–Trinajstić information content (AvgIpc) is 2.45. The molecular formula is C15H10Cl2O4. The van der Waals surface area contributed by atoms with Gasteiger partial charge in [-0.05, 0) is 30.3 Å². The molecule has 0 spiro atoms. The maximum absolute atomic E-state index is 12.0. The zero-order valence-electron chi connectivity index (χ0n) is 10.7. The second-order valence-electron chi connectivity index (χ2n) is 4.14. The van der Waals surface area contributed by atoms with E-state index in [-0.39, 0.29) is 34.3 Å². The summed E-state index contributed by atoms with van der Waals surface area (Å²) in [6.45, 7) is -0.314. The topological polar surface area (TPSA) is 63.6 Å². The Hall–Kier alpha value is -2.04. The van der Waals surface area contributed by atoms with Crippen molar-refractivity contribution < 1.29 is 19.4 Å². The van der Waals surface area contributed by atoms with Gasteiger partial charge < -0.3 is 9.84 Å². The Labute approximate surface area is 130 Å². The van der Waals surface area contributed by atoms with Crippen molar-refractivity contribution in [3.05, 3.63) is 63.6 Å². The van der Waals surface area contributed by atoms with Crippen LogP contribution in [-0.2, 0) is 0 Å². The maximum Gasteiger partial charge on any atom is 0.339 e. The molecule has 21 heavy (non-hydrogen) atoms. The number of halogens is 2. The average molecular weight is 325 g/mol. The largest absolute Gasteiger partial charge is 0.485 e. The van der Waals surface area contributed by atoms with Gasteiger partial charge in [0.1, 0.15) is 11.3 Å². The summed E-state index contributed by atoms with van der Waals surface area (Å²) >= 11 is 11.7. The van der Waals surface area contributed by atoms with Gasteiger partial charge in [0, 0.05) is 10.6 Å². The zero-order valence-corrected chi connectivity index (χ0v) is 12.2. The van der Waals surface area contributed by atoms with E-state index in [9.17, 15) is 9.59 Å². The second-order valence-corrected chi connectivity index (χ2v) is 4.98. The minimum atomic E-state index is -1.12. The van der Waals surface area contributed by atoms with Crippen molar-refractivity contribution in [2.45, 2.75) is 0 Å². The van der Waals surface area contributed by atoms with E-state index in [0.717, 1.165) is 0 Å². The van der Waals surface area contributed by atoms with Crippen molar-refractivity contribution in [3.63, 3.8) is 0 Å². The van der Waals surface area contributed by atoms with Crippen molar-refractivity contribution in [1.29, 1.82) is 0 Å². The van der Waals surface area contributed by atoms with Crippen LogP contribution in [0.25, 0.3) is 0 Å². The molecule has 4 nitrogen and oxygen atoms in total. The van der Waals surface area contributed by atoms with Gasteiger partial charge >= 0.3 is 5.97 Å². The van der Waals surface area contributed by atoms with Crippen molar-refractivity contribution >= 4 is 35.0 Å². The summed E-state index contributed by atoms with van der Waals surface area (Å²) in [7, 11) is 0. The van der Waals surface area contributed by atoms with E-state index >= 15 is 0 Å². The highest BCUT2D eigenvalue weighted by Gasteiger charge is 2.14. The Bertz CT molecular complexity index is 698. The fraction of sp³-hybridized carbons (Fsp3) is 0.0667. The van der Waals surface area contributed by atoms with Gasteiger partial charge in [0.05, 0.1) is 5.02 Å². The van der Waals surface area contributed by atoms with E-state index in [4.69, 9.17) is 33.0 Å². The van der Waals surface area contributed by atoms with Crippen molar-refractivity contribution in [2.75, 3.05) is 6.61 Å². The number of rotatable bonds is 5. The lowest BCUT2D eigenvalue weighted by molar-refractivity contribution is 0.0689. The van der Waals surface area contributed by atoms with Gasteiger partial charge in [-0.3, -0.25) is 4.79 Å². The van der Waals surface area contributed by atoms with Gasteiger partial charge in [-0.1, -0.05) is 35.3 Å². The number of hydrogen-bond acceptors (Lipinski definition) is 3. The number of carboxylic acid groups (broad SMARTS) is 1. The summed E-state index contributed by atoms with van der Waals surface area (Å²) in [6, 6.07) is 10.6. The summed E-state index contributed by atoms with van der Waals surface area (Å²) in [6.07, 6.45) is 0. The fourth-order valence-electron chi connectivity index (χ4n) is 1.71. The van der Waals surface area contributed by atoms with Crippen LogP contribution in [0.5, 0.6) is 5.75 Å². The molecule has 0 heterocycles. The molecule has 0 aliphatic carbocycles. The molecule has 0 radical (unpaired) electrons. The van der Waals surface area contributed by atoms with Gasteiger partial charge in [0.25, 0.3) is 0 Å². The summed E-state index contributed by atoms with van der Waals surface area (Å²) in [5.41, 5.74) is 0.265. The molecule has 2 aromatic rings. The van der Waals surface area contributed by atoms with E-state index in [1.165, 1.54) is 24.3 Å². The van der Waals surface area contributed by atoms with Crippen molar-refractivity contribution in [2.24, 2.45) is 0 Å². The van der Waals surface area contributed by atoms with Crippen LogP contribution in [0.1, 0.15) is 20.7 Å². The maximum atomic E-state index is 12.0. The Morgan fingerprint density at radius 1 is 1.05 bits per heavy atom. The molecule has 0 aliphatic rings. The lowest BCUT2D eigenvalue weighted by atomic mass is 10.1. The zero-order chi connectivity index (χ0) is 15.4. The third-order valence-electron chi connectivity index (χ3n) is 2.71. The quantitative estimate of drug-likeness (QED) is 0.846. The van der Waals surface area contributed by atoms with E-state index in [1.54, 1.807) is 18.2 Å². The normalized spacial score (nSPS) is 10.2. The molecule has 2 aromatic carbocycles. The highest BCUT2D eigenvalue weighted by atomic mass is 35.5. The molecule has 108 valence electrons. The molecule has 0 amide bonds. The third-order valence-corrected chi connectivity index (χ3v) is 3.26. The van der Waals surface area contributed by atoms with Gasteiger partial charge in [-0.2, -0.15) is 0 Å². The van der Waals surface area contributed by atoms with Crippen molar-refractivity contribution in [3.8, 4) is 5.75 Å². The highest BCUT2D eigenvalue weighted by Crippen LogP contribution is 2.22. The molecule has 2 rings (SSSR count). The molecule has 0 atom stereocenters. The molecule has 0 fully saturated rings. The molecule has 0 aromatic heterocycles. The van der Waals surface area contributed by atoms with Gasteiger partial charge in [0.15, 0.2) is 6.61 Å². The first kappa shape index (κ1) is 15.4. The standard InChI is InChI=1S/C15H10Cl2O4/c16-9-5-6-10(12(17)7-9)13(18)8-21-14-4-2-1-3-11(14)15(19)20/h1-7H,8H2,(H,19,20). The summed E-state index contributed by atoms with van der Waals surface area (Å²) < 4.78 is 5.28. The SMILES string of the molecule is O=C(COc1ccccc1C(=O)O)c1ccc(Cl)cc1Cl. The number of para-hydroxylation sites is 1. The van der Waals surface area contributed by atoms with E-state index in [1.807, 2.05) is 0 Å². The van der Waals surface area contributed by atoms with Gasteiger partial charge in [-0.15, -0.1) is 0 Å². The number of carboxylic acids is 1. The molecule has 0 saturated carbocycles. The fourth-order valence-corrected chi connectivity index (χ4v) is 2.22. The number of hydrogen-bond donors (Lipinski definition) is 1. The molecule has 0 saturated heterocycles. The molecular weight excluding hydrogens is 315 g/mol. The molecule has 0 bridgehead atoms. The summed E-state index contributed by atoms with van der Waals surface area (Å²) in [5.74, 6) is -1.36. The van der Waals surface area contributed by atoms with Gasteiger partial charge in [0.2, 0.25) is 5.78 Å². The monoisotopic (exact) mass is 324 g/mol. The Morgan fingerprint density at radius 2 is 1.76 bits per heavy atom. The molecule has 1 N–H and O–H groups in total. The first-order valence-corrected chi connectivity index (χ1v) is 6.68. The first-order chi connectivity index (χ1) is 9.99. The van der Waals surface area contributed by atoms with Crippen LogP contribution in [-0.4, -0.2) is 23.5 Å². The number of ether oxygens (including phenoxy) is 1. The third kappa shape index (κ3) is 3.74. The number of benzene rings is 2. The first-order valence-electron chi connectivity index (χ1n) is 5.92. The van der Waals surface area contributed by atoms with Crippen LogP contribution < -0.4 is 4.74 Å². The lowest BCUT2D eigenvalue weighted by Gasteiger charge is -2.09. The molecule has 0 unspecified atom stereocenters. The van der Waals surface area contributed by atoms with Crippen LogP contribution in [0, 0.1) is 0 Å². The number of Topliss-reactive ketones (excluding diaryl/α,β-unsaturated/α-hetero) is 1. The number of ketones is 1. The van der Waals surface area contributed by atoms with Crippen LogP contribution in [0.2, 0.25) is 10.0 Å². The predicted molar refractivity (Wildman–Crippen MR) is 79.7 cm³/mol. The van der Waals surface area contributed by atoms with E-state index in [0.29, 0.717) is 5.02 Å². The van der Waals surface area contributed by atoms with E-state index < -0.39 is 5.97 Å². The van der Waals surface area contributed by atoms with Crippen LogP contribution in [0.4, 0.5) is 0 Å². The van der Waals surface area contributed by atoms with Crippen molar-refractivity contribution in [1.82, 2.24) is 0 Å². The minimum Gasteiger partial charge on any atom is -0.485 e. The smallest absolute Gasteiger partial charge is 0.339 e. The Kier molecular flexibility index (Phi) is 4.83. The summed E-state index contributed by atoms with van der Waals surface area (Å²) in [5, 5.41) is 9.67. The predicted octanol–water partition coefficient (Wildman–Crippen LogP) is 3.95. The van der Waals surface area contributed by atoms with Crippen LogP contribution in [0.15, 0.2) is 42.5 Å².